The average Bonchev–Trinajstić information content (AvgIpc) is 3.28. The van der Waals surface area contributed by atoms with Gasteiger partial charge in [0.05, 0.1) is 0 Å². The normalized spacial score (nSPS) is 12.1. The Labute approximate surface area is 393 Å². The van der Waals surface area contributed by atoms with Crippen LogP contribution in [0.25, 0.3) is 0 Å². The van der Waals surface area contributed by atoms with Crippen LogP contribution in [-0.4, -0.2) is 234 Å². The molecule has 0 bridgehead atoms. The summed E-state index contributed by atoms with van der Waals surface area (Å²) in [6.45, 7) is 26.9. The molecule has 1 N–H and O–H groups in total. The first kappa shape index (κ1) is 61.8. The predicted molar refractivity (Wildman–Crippen MR) is 267 cm³/mol. The van der Waals surface area contributed by atoms with Gasteiger partial charge < -0.3 is 44.5 Å². The molecule has 0 unspecified atom stereocenters. The van der Waals surface area contributed by atoms with Crippen LogP contribution in [-0.2, 0) is 24.0 Å². The van der Waals surface area contributed by atoms with Gasteiger partial charge >= 0.3 is 0 Å². The summed E-state index contributed by atoms with van der Waals surface area (Å²) in [6.07, 6.45) is 9.90. The van der Waals surface area contributed by atoms with Crippen LogP contribution in [0.2, 0.25) is 0 Å². The van der Waals surface area contributed by atoms with E-state index < -0.39 is 0 Å². The highest BCUT2D eigenvalue weighted by Gasteiger charge is 2.16. The standard InChI is InChI=1S/C50H101N9O5/c1-11-52(6)32-16-22-46(60)26-40-58(41-27-47(61)23-17-33-53(7)12-2)38-20-36-57(44-30-50(64)51-31-45-56(10)15-5)37-21-39-59(42-28-48(62)24-18-34-54(8)13-3)43-29-49(63)25-19-35-55(9)14-4/h11-45H2,1-10H3,(H,51,64). The first-order chi connectivity index (χ1) is 30.6. The van der Waals surface area contributed by atoms with Crippen molar-refractivity contribution < 1.29 is 24.0 Å². The van der Waals surface area contributed by atoms with E-state index in [1.54, 1.807) is 0 Å². The van der Waals surface area contributed by atoms with E-state index in [-0.39, 0.29) is 29.0 Å². The van der Waals surface area contributed by atoms with Crippen LogP contribution in [0.15, 0.2) is 0 Å². The second-order valence-corrected chi connectivity index (χ2v) is 18.4. The smallest absolute Gasteiger partial charge is 0.221 e. The molecule has 0 rings (SSSR count). The molecule has 0 atom stereocenters. The van der Waals surface area contributed by atoms with Crippen molar-refractivity contribution in [2.45, 2.75) is 131 Å². The topological polar surface area (TPSA) is 123 Å². The van der Waals surface area contributed by atoms with Gasteiger partial charge in [-0.25, -0.2) is 0 Å². The van der Waals surface area contributed by atoms with Gasteiger partial charge in [-0.1, -0.05) is 34.6 Å². The number of rotatable bonds is 47. The average molecular weight is 908 g/mol. The molecule has 0 aromatic heterocycles. The molecular weight excluding hydrogens is 807 g/mol. The first-order valence-electron chi connectivity index (χ1n) is 25.6. The molecule has 14 nitrogen and oxygen atoms in total. The highest BCUT2D eigenvalue weighted by molar-refractivity contribution is 5.80. The zero-order valence-electron chi connectivity index (χ0n) is 43.4. The molecule has 0 radical (unpaired) electrons. The lowest BCUT2D eigenvalue weighted by molar-refractivity contribution is -0.122. The molecule has 0 fully saturated rings. The Hall–Kier alpha value is -2.17. The molecule has 64 heavy (non-hydrogen) atoms. The van der Waals surface area contributed by atoms with Crippen LogP contribution in [0.1, 0.15) is 131 Å². The van der Waals surface area contributed by atoms with E-state index in [0.29, 0.717) is 97.1 Å². The summed E-state index contributed by atoms with van der Waals surface area (Å²) in [7, 11) is 10.4. The highest BCUT2D eigenvalue weighted by atomic mass is 16.2. The molecule has 0 aromatic rings. The maximum absolute atomic E-state index is 13.0. The summed E-state index contributed by atoms with van der Waals surface area (Å²) >= 11 is 0. The molecule has 1 amide bonds. The quantitative estimate of drug-likeness (QED) is 0.0893. The second-order valence-electron chi connectivity index (χ2n) is 18.4. The van der Waals surface area contributed by atoms with Crippen molar-refractivity contribution in [2.75, 3.05) is 166 Å². The van der Waals surface area contributed by atoms with E-state index >= 15 is 0 Å². The van der Waals surface area contributed by atoms with Crippen LogP contribution >= 0.6 is 0 Å². The van der Waals surface area contributed by atoms with Crippen molar-refractivity contribution in [3.63, 3.8) is 0 Å². The summed E-state index contributed by atoms with van der Waals surface area (Å²) < 4.78 is 0. The molecule has 376 valence electrons. The molecule has 0 aliphatic heterocycles. The van der Waals surface area contributed by atoms with Crippen LogP contribution < -0.4 is 5.32 Å². The summed E-state index contributed by atoms with van der Waals surface area (Å²) in [5.74, 6) is 1.17. The SMILES string of the molecule is CCN(C)CCCC(=O)CCN(CCCN(CCCN(CCC(=O)CCCN(C)CC)CCC(=O)CCCN(C)CC)CCC(=O)NCCN(C)CC)CCC(=O)CCCN(C)CC. The van der Waals surface area contributed by atoms with Gasteiger partial charge in [0, 0.05) is 104 Å². The summed E-state index contributed by atoms with van der Waals surface area (Å²) in [6, 6.07) is 0. The van der Waals surface area contributed by atoms with Gasteiger partial charge in [-0.15, -0.1) is 0 Å². The molecule has 14 heteroatoms. The summed E-state index contributed by atoms with van der Waals surface area (Å²) in [5.41, 5.74) is 0. The van der Waals surface area contributed by atoms with E-state index in [1.807, 2.05) is 0 Å². The van der Waals surface area contributed by atoms with Crippen LogP contribution in [0.4, 0.5) is 0 Å². The number of likely N-dealkylation sites (N-methyl/N-ethyl adjacent to an activating group) is 1. The van der Waals surface area contributed by atoms with E-state index in [4.69, 9.17) is 0 Å². The largest absolute Gasteiger partial charge is 0.355 e. The highest BCUT2D eigenvalue weighted by Crippen LogP contribution is 2.09. The zero-order valence-corrected chi connectivity index (χ0v) is 43.4. The van der Waals surface area contributed by atoms with Crippen molar-refractivity contribution in [1.29, 1.82) is 0 Å². The number of Topliss-reactive ketones (excluding diaryl/α,β-unsaturated/α-hetero) is 4. The zero-order chi connectivity index (χ0) is 48.0. The van der Waals surface area contributed by atoms with Gasteiger partial charge in [-0.05, 0) is 159 Å². The predicted octanol–water partition coefficient (Wildman–Crippen LogP) is 4.90. The fourth-order valence-corrected chi connectivity index (χ4v) is 7.38. The number of carbonyl (C=O) groups is 5. The minimum atomic E-state index is 0.0531. The Morgan fingerprint density at radius 1 is 0.297 bits per heavy atom. The molecule has 0 aliphatic rings. The Kier molecular flexibility index (Phi) is 39.7. The maximum atomic E-state index is 13.0. The van der Waals surface area contributed by atoms with Gasteiger partial charge in [0.25, 0.3) is 0 Å². The van der Waals surface area contributed by atoms with Crippen molar-refractivity contribution in [3.8, 4) is 0 Å². The number of hydrogen-bond acceptors (Lipinski definition) is 13. The lowest BCUT2D eigenvalue weighted by atomic mass is 10.1. The molecule has 0 saturated carbocycles. The molecule has 0 aromatic carbocycles. The maximum Gasteiger partial charge on any atom is 0.221 e. The molecule has 0 aliphatic carbocycles. The number of carbonyl (C=O) groups excluding carboxylic acids is 5. The minimum Gasteiger partial charge on any atom is -0.355 e. The fraction of sp³-hybridized carbons (Fsp3) is 0.900. The third kappa shape index (κ3) is 37.0. The van der Waals surface area contributed by atoms with E-state index in [0.717, 1.165) is 130 Å². The van der Waals surface area contributed by atoms with E-state index in [1.165, 1.54) is 0 Å². The van der Waals surface area contributed by atoms with Crippen molar-refractivity contribution in [2.24, 2.45) is 0 Å². The third-order valence-electron chi connectivity index (χ3n) is 12.9. The Morgan fingerprint density at radius 3 is 0.828 bits per heavy atom. The van der Waals surface area contributed by atoms with Crippen LogP contribution in [0.3, 0.4) is 0 Å². The first-order valence-corrected chi connectivity index (χ1v) is 25.6. The molecule has 0 saturated heterocycles. The number of nitrogens with zero attached hydrogens (tertiary/aromatic N) is 8. The van der Waals surface area contributed by atoms with Gasteiger partial charge in [0.15, 0.2) is 0 Å². The monoisotopic (exact) mass is 908 g/mol. The molecule has 0 spiro atoms. The Bertz CT molecular complexity index is 1070. The summed E-state index contributed by atoms with van der Waals surface area (Å²) in [5, 5.41) is 3.09. The van der Waals surface area contributed by atoms with Crippen molar-refractivity contribution >= 4 is 29.0 Å². The van der Waals surface area contributed by atoms with Gasteiger partial charge in [0.2, 0.25) is 5.91 Å². The fourth-order valence-electron chi connectivity index (χ4n) is 7.38. The molecule has 0 heterocycles. The van der Waals surface area contributed by atoms with Gasteiger partial charge in [0.1, 0.15) is 23.1 Å². The molecular formula is C50H101N9O5. The number of nitrogens with one attached hydrogen (secondary N) is 1. The summed E-state index contributed by atoms with van der Waals surface area (Å²) in [4.78, 5) is 82.8. The van der Waals surface area contributed by atoms with Crippen molar-refractivity contribution in [3.05, 3.63) is 0 Å². The van der Waals surface area contributed by atoms with Crippen LogP contribution in [0, 0.1) is 0 Å². The van der Waals surface area contributed by atoms with E-state index in [9.17, 15) is 24.0 Å². The van der Waals surface area contributed by atoms with Crippen LogP contribution in [0.5, 0.6) is 0 Å². The second kappa shape index (κ2) is 41.1. The third-order valence-corrected chi connectivity index (χ3v) is 12.9. The lowest BCUT2D eigenvalue weighted by Gasteiger charge is -2.27. The minimum absolute atomic E-state index is 0.0531. The van der Waals surface area contributed by atoms with Gasteiger partial charge in [-0.2, -0.15) is 0 Å². The van der Waals surface area contributed by atoms with Crippen molar-refractivity contribution in [1.82, 2.24) is 44.5 Å². The Balaban J connectivity index is 5.77. The lowest BCUT2D eigenvalue weighted by Crippen LogP contribution is -2.38. The Morgan fingerprint density at radius 2 is 0.547 bits per heavy atom. The number of amides is 1. The van der Waals surface area contributed by atoms with E-state index in [2.05, 4.69) is 114 Å². The van der Waals surface area contributed by atoms with Gasteiger partial charge in [-0.3, -0.25) is 24.0 Å². The number of hydrogen-bond donors (Lipinski definition) is 1. The number of ketones is 4.